The second-order valence-corrected chi connectivity index (χ2v) is 5.76. The summed E-state index contributed by atoms with van der Waals surface area (Å²) in [5.74, 6) is 0.991. The Hall–Kier alpha value is -2.30. The number of ether oxygens (including phenoxy) is 1. The van der Waals surface area contributed by atoms with Crippen LogP contribution in [0.25, 0.3) is 0 Å². The van der Waals surface area contributed by atoms with Crippen molar-refractivity contribution in [2.45, 2.75) is 32.7 Å². The molecule has 1 atom stereocenters. The maximum atomic E-state index is 12.6. The second kappa shape index (κ2) is 5.83. The minimum atomic E-state index is 0.159. The number of H-pyrrole nitrogens is 1. The number of carbonyl (C=O) groups excluding carboxylic acids is 1. The maximum Gasteiger partial charge on any atom is 0.227 e. The first-order valence-electron chi connectivity index (χ1n) is 7.54. The van der Waals surface area contributed by atoms with Gasteiger partial charge >= 0.3 is 0 Å². The van der Waals surface area contributed by atoms with Crippen LogP contribution >= 0.6 is 0 Å². The van der Waals surface area contributed by atoms with E-state index in [4.69, 9.17) is 4.74 Å². The van der Waals surface area contributed by atoms with E-state index in [0.717, 1.165) is 41.2 Å². The molecule has 0 unspecified atom stereocenters. The fourth-order valence-corrected chi connectivity index (χ4v) is 2.97. The summed E-state index contributed by atoms with van der Waals surface area (Å²) in [6, 6.07) is 8.13. The van der Waals surface area contributed by atoms with Gasteiger partial charge in [-0.25, -0.2) is 0 Å². The van der Waals surface area contributed by atoms with Crippen LogP contribution in [0.4, 0.5) is 0 Å². The zero-order valence-corrected chi connectivity index (χ0v) is 13.2. The van der Waals surface area contributed by atoms with Gasteiger partial charge < -0.3 is 9.64 Å². The first-order valence-corrected chi connectivity index (χ1v) is 7.54. The van der Waals surface area contributed by atoms with Crippen molar-refractivity contribution >= 4 is 5.91 Å². The number of amides is 1. The number of likely N-dealkylation sites (tertiary alicyclic amines) is 1. The molecule has 0 bridgehead atoms. The fraction of sp³-hybridized carbons (Fsp3) is 0.412. The Morgan fingerprint density at radius 2 is 2.27 bits per heavy atom. The molecule has 5 heteroatoms. The molecule has 1 aliphatic heterocycles. The van der Waals surface area contributed by atoms with Crippen LogP contribution in [0.5, 0.6) is 5.75 Å². The summed E-state index contributed by atoms with van der Waals surface area (Å²) >= 11 is 0. The van der Waals surface area contributed by atoms with Gasteiger partial charge in [-0.1, -0.05) is 12.1 Å². The number of nitrogens with one attached hydrogen (secondary N) is 1. The molecule has 2 heterocycles. The standard InChI is InChI=1S/C17H21N3O2/c1-11-15(12(2)19-18-11)10-17(21)20-8-7-16(20)13-5-4-6-14(9-13)22-3/h4-6,9,16H,7-8,10H2,1-3H3,(H,18,19)/t16-/m0/s1. The van der Waals surface area contributed by atoms with Crippen molar-refractivity contribution in [3.63, 3.8) is 0 Å². The number of rotatable bonds is 4. The molecular formula is C17H21N3O2. The molecule has 1 aromatic heterocycles. The van der Waals surface area contributed by atoms with Gasteiger partial charge in [-0.3, -0.25) is 9.89 Å². The molecule has 3 rings (SSSR count). The zero-order chi connectivity index (χ0) is 15.7. The van der Waals surface area contributed by atoms with Gasteiger partial charge in [0.1, 0.15) is 5.75 Å². The first kappa shape index (κ1) is 14.6. The number of aromatic amines is 1. The number of benzene rings is 1. The normalized spacial score (nSPS) is 17.2. The average molecular weight is 299 g/mol. The topological polar surface area (TPSA) is 58.2 Å². The third kappa shape index (κ3) is 2.58. The Balaban J connectivity index is 1.73. The number of hydrogen-bond donors (Lipinski definition) is 1. The molecule has 5 nitrogen and oxygen atoms in total. The van der Waals surface area contributed by atoms with E-state index in [0.29, 0.717) is 6.42 Å². The van der Waals surface area contributed by atoms with E-state index in [1.807, 2.05) is 36.9 Å². The molecule has 22 heavy (non-hydrogen) atoms. The third-order valence-corrected chi connectivity index (χ3v) is 4.43. The Morgan fingerprint density at radius 3 is 2.86 bits per heavy atom. The van der Waals surface area contributed by atoms with Gasteiger partial charge in [-0.15, -0.1) is 0 Å². The fourth-order valence-electron chi connectivity index (χ4n) is 2.97. The van der Waals surface area contributed by atoms with Crippen LogP contribution in [-0.2, 0) is 11.2 Å². The van der Waals surface area contributed by atoms with Crippen molar-refractivity contribution in [1.82, 2.24) is 15.1 Å². The lowest BCUT2D eigenvalue weighted by Crippen LogP contribution is -2.45. The summed E-state index contributed by atoms with van der Waals surface area (Å²) in [5, 5.41) is 7.10. The van der Waals surface area contributed by atoms with E-state index in [1.165, 1.54) is 0 Å². The van der Waals surface area contributed by atoms with E-state index in [1.54, 1.807) is 7.11 Å². The van der Waals surface area contributed by atoms with Gasteiger partial charge in [0.05, 0.1) is 25.3 Å². The molecule has 0 aliphatic carbocycles. The molecule has 1 amide bonds. The molecule has 1 fully saturated rings. The highest BCUT2D eigenvalue weighted by molar-refractivity contribution is 5.80. The Labute approximate surface area is 130 Å². The van der Waals surface area contributed by atoms with Crippen LogP contribution in [0, 0.1) is 13.8 Å². The van der Waals surface area contributed by atoms with Gasteiger partial charge in [0, 0.05) is 17.8 Å². The highest BCUT2D eigenvalue weighted by atomic mass is 16.5. The van der Waals surface area contributed by atoms with Crippen LogP contribution in [0.15, 0.2) is 24.3 Å². The van der Waals surface area contributed by atoms with Crippen molar-refractivity contribution < 1.29 is 9.53 Å². The summed E-state index contributed by atoms with van der Waals surface area (Å²) in [6.07, 6.45) is 1.41. The van der Waals surface area contributed by atoms with E-state index in [-0.39, 0.29) is 11.9 Å². The van der Waals surface area contributed by atoms with Crippen LogP contribution in [-0.4, -0.2) is 34.7 Å². The highest BCUT2D eigenvalue weighted by Crippen LogP contribution is 2.35. The van der Waals surface area contributed by atoms with E-state index in [9.17, 15) is 4.79 Å². The number of methoxy groups -OCH3 is 1. The SMILES string of the molecule is COc1cccc([C@@H]2CCN2C(=O)Cc2c(C)n[nH]c2C)c1. The summed E-state index contributed by atoms with van der Waals surface area (Å²) in [6.45, 7) is 4.71. The molecule has 1 aromatic carbocycles. The lowest BCUT2D eigenvalue weighted by molar-refractivity contribution is -0.138. The molecule has 2 aromatic rings. The van der Waals surface area contributed by atoms with Crippen molar-refractivity contribution in [1.29, 1.82) is 0 Å². The van der Waals surface area contributed by atoms with E-state index >= 15 is 0 Å². The Kier molecular flexibility index (Phi) is 3.88. The van der Waals surface area contributed by atoms with Crippen molar-refractivity contribution in [2.24, 2.45) is 0 Å². The number of aryl methyl sites for hydroxylation is 2. The summed E-state index contributed by atoms with van der Waals surface area (Å²) in [5.41, 5.74) is 4.04. The lowest BCUT2D eigenvalue weighted by Gasteiger charge is -2.41. The summed E-state index contributed by atoms with van der Waals surface area (Å²) in [7, 11) is 1.66. The van der Waals surface area contributed by atoms with Gasteiger partial charge in [-0.2, -0.15) is 5.10 Å². The quantitative estimate of drug-likeness (QED) is 0.944. The monoisotopic (exact) mass is 299 g/mol. The zero-order valence-electron chi connectivity index (χ0n) is 13.2. The molecule has 116 valence electrons. The molecular weight excluding hydrogens is 278 g/mol. The van der Waals surface area contributed by atoms with Crippen LogP contribution in [0.2, 0.25) is 0 Å². The van der Waals surface area contributed by atoms with Gasteiger partial charge in [0.25, 0.3) is 0 Å². The minimum absolute atomic E-state index is 0.159. The molecule has 1 aliphatic rings. The first-order chi connectivity index (χ1) is 10.6. The molecule has 1 saturated heterocycles. The largest absolute Gasteiger partial charge is 0.497 e. The van der Waals surface area contributed by atoms with Gasteiger partial charge in [0.15, 0.2) is 0 Å². The van der Waals surface area contributed by atoms with E-state index in [2.05, 4.69) is 16.3 Å². The number of carbonyl (C=O) groups is 1. The predicted octanol–water partition coefficient (Wildman–Crippen LogP) is 2.55. The summed E-state index contributed by atoms with van der Waals surface area (Å²) < 4.78 is 5.27. The van der Waals surface area contributed by atoms with Gasteiger partial charge in [-0.05, 0) is 38.0 Å². The maximum absolute atomic E-state index is 12.6. The average Bonchev–Trinajstić information content (AvgIpc) is 2.78. The number of nitrogens with zero attached hydrogens (tertiary/aromatic N) is 2. The van der Waals surface area contributed by atoms with Crippen molar-refractivity contribution in [2.75, 3.05) is 13.7 Å². The second-order valence-electron chi connectivity index (χ2n) is 5.76. The highest BCUT2D eigenvalue weighted by Gasteiger charge is 2.33. The van der Waals surface area contributed by atoms with Crippen molar-refractivity contribution in [3.8, 4) is 5.75 Å². The van der Waals surface area contributed by atoms with Crippen LogP contribution in [0.3, 0.4) is 0 Å². The number of aromatic nitrogens is 2. The molecule has 0 radical (unpaired) electrons. The smallest absolute Gasteiger partial charge is 0.227 e. The lowest BCUT2D eigenvalue weighted by atomic mass is 9.93. The predicted molar refractivity (Wildman–Crippen MR) is 83.8 cm³/mol. The minimum Gasteiger partial charge on any atom is -0.497 e. The summed E-state index contributed by atoms with van der Waals surface area (Å²) in [4.78, 5) is 14.5. The molecule has 0 spiro atoms. The number of hydrogen-bond acceptors (Lipinski definition) is 3. The third-order valence-electron chi connectivity index (χ3n) is 4.43. The van der Waals surface area contributed by atoms with Gasteiger partial charge in [0.2, 0.25) is 5.91 Å². The van der Waals surface area contributed by atoms with Crippen LogP contribution < -0.4 is 4.74 Å². The molecule has 0 saturated carbocycles. The van der Waals surface area contributed by atoms with Crippen molar-refractivity contribution in [3.05, 3.63) is 46.8 Å². The molecule has 1 N–H and O–H groups in total. The van der Waals surface area contributed by atoms with Crippen LogP contribution in [0.1, 0.15) is 35.0 Å². The Bertz CT molecular complexity index is 673. The Morgan fingerprint density at radius 1 is 1.45 bits per heavy atom. The van der Waals surface area contributed by atoms with E-state index < -0.39 is 0 Å².